The zero-order chi connectivity index (χ0) is 11.4. The first kappa shape index (κ1) is 11.9. The predicted octanol–water partition coefficient (Wildman–Crippen LogP) is 1.22. The molecular weight excluding hydrogens is 217 g/mol. The van der Waals surface area contributed by atoms with Crippen molar-refractivity contribution in [2.24, 2.45) is 5.73 Å². The van der Waals surface area contributed by atoms with Crippen molar-refractivity contribution in [3.05, 3.63) is 29.6 Å². The standard InChI is InChI=1S/C10H12FNO2S/c1-6(13)5-14-8-4-2-3-7(11)9(8)10(12)15/h2-4,6,13H,5H2,1H3,(H2,12,15). The van der Waals surface area contributed by atoms with Gasteiger partial charge in [-0.15, -0.1) is 0 Å². The highest BCUT2D eigenvalue weighted by molar-refractivity contribution is 7.80. The van der Waals surface area contributed by atoms with Crippen LogP contribution in [0.1, 0.15) is 12.5 Å². The zero-order valence-electron chi connectivity index (χ0n) is 8.24. The summed E-state index contributed by atoms with van der Waals surface area (Å²) in [5, 5.41) is 9.03. The van der Waals surface area contributed by atoms with Crippen LogP contribution >= 0.6 is 12.2 Å². The first-order chi connectivity index (χ1) is 7.02. The van der Waals surface area contributed by atoms with E-state index in [-0.39, 0.29) is 22.9 Å². The summed E-state index contributed by atoms with van der Waals surface area (Å²) >= 11 is 4.71. The fourth-order valence-corrected chi connectivity index (χ4v) is 1.27. The lowest BCUT2D eigenvalue weighted by Gasteiger charge is -2.12. The van der Waals surface area contributed by atoms with Gasteiger partial charge in [-0.1, -0.05) is 18.3 Å². The molecule has 1 rings (SSSR count). The molecule has 3 nitrogen and oxygen atoms in total. The Labute approximate surface area is 92.7 Å². The van der Waals surface area contributed by atoms with E-state index in [1.54, 1.807) is 13.0 Å². The first-order valence-corrected chi connectivity index (χ1v) is 4.82. The third-order valence-electron chi connectivity index (χ3n) is 1.70. The van der Waals surface area contributed by atoms with Gasteiger partial charge in [0.05, 0.1) is 11.7 Å². The van der Waals surface area contributed by atoms with Crippen molar-refractivity contribution >= 4 is 17.2 Å². The molecule has 0 bridgehead atoms. The Morgan fingerprint density at radius 1 is 1.67 bits per heavy atom. The Morgan fingerprint density at radius 3 is 2.87 bits per heavy atom. The number of halogens is 1. The second-order valence-corrected chi connectivity index (χ2v) is 3.58. The highest BCUT2D eigenvalue weighted by Crippen LogP contribution is 2.21. The third-order valence-corrected chi connectivity index (χ3v) is 1.91. The summed E-state index contributed by atoms with van der Waals surface area (Å²) in [6.07, 6.45) is -0.632. The normalized spacial score (nSPS) is 12.2. The molecule has 3 N–H and O–H groups in total. The van der Waals surface area contributed by atoms with Gasteiger partial charge < -0.3 is 15.6 Å². The van der Waals surface area contributed by atoms with Crippen molar-refractivity contribution in [2.75, 3.05) is 6.61 Å². The van der Waals surface area contributed by atoms with Crippen LogP contribution in [-0.4, -0.2) is 22.8 Å². The first-order valence-electron chi connectivity index (χ1n) is 4.41. The minimum Gasteiger partial charge on any atom is -0.490 e. The number of nitrogens with two attached hydrogens (primary N) is 1. The average Bonchev–Trinajstić information content (AvgIpc) is 2.13. The molecule has 15 heavy (non-hydrogen) atoms. The van der Waals surface area contributed by atoms with E-state index in [9.17, 15) is 4.39 Å². The summed E-state index contributed by atoms with van der Waals surface area (Å²) in [5.41, 5.74) is 5.45. The molecule has 0 amide bonds. The van der Waals surface area contributed by atoms with Crippen LogP contribution in [0, 0.1) is 5.82 Å². The zero-order valence-corrected chi connectivity index (χ0v) is 9.05. The van der Waals surface area contributed by atoms with E-state index in [1.807, 2.05) is 0 Å². The second-order valence-electron chi connectivity index (χ2n) is 3.14. The molecule has 1 unspecified atom stereocenters. The number of hydrogen-bond acceptors (Lipinski definition) is 3. The number of ether oxygens (including phenoxy) is 1. The smallest absolute Gasteiger partial charge is 0.137 e. The molecule has 1 aromatic carbocycles. The molecule has 0 saturated carbocycles. The van der Waals surface area contributed by atoms with E-state index >= 15 is 0 Å². The van der Waals surface area contributed by atoms with Gasteiger partial charge in [0.1, 0.15) is 23.2 Å². The van der Waals surface area contributed by atoms with E-state index in [0.29, 0.717) is 0 Å². The maximum Gasteiger partial charge on any atom is 0.137 e. The molecule has 0 radical (unpaired) electrons. The lowest BCUT2D eigenvalue weighted by molar-refractivity contribution is 0.122. The monoisotopic (exact) mass is 229 g/mol. The summed E-state index contributed by atoms with van der Waals surface area (Å²) in [6.45, 7) is 1.64. The van der Waals surface area contributed by atoms with Crippen molar-refractivity contribution in [3.8, 4) is 5.75 Å². The van der Waals surface area contributed by atoms with Crippen LogP contribution in [0.3, 0.4) is 0 Å². The molecule has 0 aliphatic carbocycles. The summed E-state index contributed by atoms with van der Waals surface area (Å²) < 4.78 is 18.5. The molecule has 82 valence electrons. The van der Waals surface area contributed by atoms with Crippen LogP contribution < -0.4 is 10.5 Å². The molecule has 0 fully saturated rings. The quantitative estimate of drug-likeness (QED) is 0.762. The van der Waals surface area contributed by atoms with E-state index < -0.39 is 11.9 Å². The minimum atomic E-state index is -0.632. The Kier molecular flexibility index (Phi) is 3.99. The number of hydrogen-bond donors (Lipinski definition) is 2. The number of rotatable bonds is 4. The van der Waals surface area contributed by atoms with Gasteiger partial charge in [0.2, 0.25) is 0 Å². The predicted molar refractivity (Wildman–Crippen MR) is 59.5 cm³/mol. The van der Waals surface area contributed by atoms with Crippen molar-refractivity contribution in [1.82, 2.24) is 0 Å². The maximum atomic E-state index is 13.3. The summed E-state index contributed by atoms with van der Waals surface area (Å²) in [6, 6.07) is 4.30. The molecule has 0 heterocycles. The highest BCUT2D eigenvalue weighted by atomic mass is 32.1. The molecule has 1 aromatic rings. The summed E-state index contributed by atoms with van der Waals surface area (Å²) in [5.74, 6) is -0.269. The molecule has 0 spiro atoms. The van der Waals surface area contributed by atoms with Crippen LogP contribution in [0.2, 0.25) is 0 Å². The van der Waals surface area contributed by atoms with Gasteiger partial charge in [-0.3, -0.25) is 0 Å². The second kappa shape index (κ2) is 5.04. The van der Waals surface area contributed by atoms with Crippen molar-refractivity contribution in [1.29, 1.82) is 0 Å². The molecule has 0 aromatic heterocycles. The summed E-state index contributed by atoms with van der Waals surface area (Å²) in [4.78, 5) is -0.0614. The van der Waals surface area contributed by atoms with E-state index in [2.05, 4.69) is 0 Å². The molecule has 5 heteroatoms. The number of aliphatic hydroxyl groups is 1. The molecule has 0 aliphatic rings. The van der Waals surface area contributed by atoms with Gasteiger partial charge in [-0.25, -0.2) is 4.39 Å². The van der Waals surface area contributed by atoms with Crippen LogP contribution in [0.25, 0.3) is 0 Å². The lowest BCUT2D eigenvalue weighted by atomic mass is 10.2. The van der Waals surface area contributed by atoms with Gasteiger partial charge in [0, 0.05) is 0 Å². The molecule has 1 atom stereocenters. The van der Waals surface area contributed by atoms with Gasteiger partial charge in [-0.2, -0.15) is 0 Å². The minimum absolute atomic E-state index is 0.0614. The highest BCUT2D eigenvalue weighted by Gasteiger charge is 2.12. The number of thiocarbonyl (C=S) groups is 1. The van der Waals surface area contributed by atoms with Crippen LogP contribution in [0.5, 0.6) is 5.75 Å². The van der Waals surface area contributed by atoms with Crippen molar-refractivity contribution in [3.63, 3.8) is 0 Å². The van der Waals surface area contributed by atoms with E-state index in [4.69, 9.17) is 27.8 Å². The fourth-order valence-electron chi connectivity index (χ4n) is 1.07. The van der Waals surface area contributed by atoms with Crippen LogP contribution in [0.15, 0.2) is 18.2 Å². The van der Waals surface area contributed by atoms with Gasteiger partial charge in [0.25, 0.3) is 0 Å². The Bertz CT molecular complexity index is 368. The van der Waals surface area contributed by atoms with Crippen LogP contribution in [-0.2, 0) is 0 Å². The maximum absolute atomic E-state index is 13.3. The molecule has 0 aliphatic heterocycles. The Balaban J connectivity index is 2.96. The van der Waals surface area contributed by atoms with Crippen molar-refractivity contribution in [2.45, 2.75) is 13.0 Å². The number of benzene rings is 1. The SMILES string of the molecule is CC(O)COc1cccc(F)c1C(N)=S. The third kappa shape index (κ3) is 3.14. The van der Waals surface area contributed by atoms with E-state index in [1.165, 1.54) is 12.1 Å². The van der Waals surface area contributed by atoms with E-state index in [0.717, 1.165) is 0 Å². The number of aliphatic hydroxyl groups excluding tert-OH is 1. The van der Waals surface area contributed by atoms with Gasteiger partial charge in [0.15, 0.2) is 0 Å². The molecular formula is C10H12FNO2S. The lowest BCUT2D eigenvalue weighted by Crippen LogP contribution is -2.17. The van der Waals surface area contributed by atoms with Crippen molar-refractivity contribution < 1.29 is 14.2 Å². The Morgan fingerprint density at radius 2 is 2.33 bits per heavy atom. The Hall–Kier alpha value is -1.20. The topological polar surface area (TPSA) is 55.5 Å². The molecule has 0 saturated heterocycles. The fraction of sp³-hybridized carbons (Fsp3) is 0.300. The van der Waals surface area contributed by atoms with Crippen LogP contribution in [0.4, 0.5) is 4.39 Å². The largest absolute Gasteiger partial charge is 0.490 e. The summed E-state index contributed by atoms with van der Waals surface area (Å²) in [7, 11) is 0. The average molecular weight is 229 g/mol. The van der Waals surface area contributed by atoms with Gasteiger partial charge in [-0.05, 0) is 19.1 Å². The van der Waals surface area contributed by atoms with Gasteiger partial charge >= 0.3 is 0 Å².